The van der Waals surface area contributed by atoms with Crippen molar-refractivity contribution in [2.45, 2.75) is 12.5 Å². The van der Waals surface area contributed by atoms with Gasteiger partial charge in [-0.05, 0) is 60.7 Å². The van der Waals surface area contributed by atoms with Gasteiger partial charge in [0, 0.05) is 23.3 Å². The first-order chi connectivity index (χ1) is 13.8. The maximum Gasteiger partial charge on any atom is 0.269 e. The summed E-state index contributed by atoms with van der Waals surface area (Å²) in [7, 11) is 1.46. The van der Waals surface area contributed by atoms with Crippen LogP contribution in [0, 0.1) is 5.82 Å². The van der Waals surface area contributed by atoms with Crippen LogP contribution in [0.3, 0.4) is 0 Å². The van der Waals surface area contributed by atoms with E-state index in [4.69, 9.17) is 23.8 Å². The SMILES string of the molecule is CN1C(=O)C(CC(=O)Nc2ccc(Cl)cc2)N(NC(=O)c2ccc(F)cc2)C1=S. The van der Waals surface area contributed by atoms with Crippen LogP contribution in [-0.2, 0) is 9.59 Å². The number of halogens is 2. The molecule has 29 heavy (non-hydrogen) atoms. The third-order valence-corrected chi connectivity index (χ3v) is 4.98. The normalized spacial score (nSPS) is 16.2. The molecule has 0 bridgehead atoms. The van der Waals surface area contributed by atoms with Gasteiger partial charge in [-0.3, -0.25) is 24.7 Å². The zero-order chi connectivity index (χ0) is 21.1. The Kier molecular flexibility index (Phi) is 6.09. The molecule has 1 fully saturated rings. The van der Waals surface area contributed by atoms with E-state index < -0.39 is 29.6 Å². The van der Waals surface area contributed by atoms with E-state index in [2.05, 4.69) is 10.7 Å². The standard InChI is InChI=1S/C19H16ClFN4O3S/c1-24-18(28)15(10-16(26)22-14-8-4-12(20)5-9-14)25(19(24)29)23-17(27)11-2-6-13(21)7-3-11/h2-9,15H,10H2,1H3,(H,22,26)(H,23,27). The number of hydrogen-bond donors (Lipinski definition) is 2. The molecule has 1 heterocycles. The summed E-state index contributed by atoms with van der Waals surface area (Å²) < 4.78 is 13.1. The molecule has 2 aromatic rings. The van der Waals surface area contributed by atoms with Gasteiger partial charge in [-0.2, -0.15) is 0 Å². The van der Waals surface area contributed by atoms with Gasteiger partial charge in [0.25, 0.3) is 11.8 Å². The van der Waals surface area contributed by atoms with Gasteiger partial charge in [-0.25, -0.2) is 9.40 Å². The number of nitrogens with zero attached hydrogens (tertiary/aromatic N) is 2. The summed E-state index contributed by atoms with van der Waals surface area (Å²) in [5, 5.41) is 4.41. The zero-order valence-electron chi connectivity index (χ0n) is 15.2. The number of benzene rings is 2. The van der Waals surface area contributed by atoms with Crippen molar-refractivity contribution >= 4 is 52.3 Å². The van der Waals surface area contributed by atoms with Gasteiger partial charge >= 0.3 is 0 Å². The van der Waals surface area contributed by atoms with Crippen LogP contribution in [0.2, 0.25) is 5.02 Å². The van der Waals surface area contributed by atoms with Crippen molar-refractivity contribution in [3.8, 4) is 0 Å². The highest BCUT2D eigenvalue weighted by molar-refractivity contribution is 7.80. The summed E-state index contributed by atoms with van der Waals surface area (Å²) in [5.41, 5.74) is 3.22. The van der Waals surface area contributed by atoms with Crippen molar-refractivity contribution in [1.29, 1.82) is 0 Å². The third kappa shape index (κ3) is 4.69. The Morgan fingerprint density at radius 1 is 1.14 bits per heavy atom. The predicted molar refractivity (Wildman–Crippen MR) is 110 cm³/mol. The van der Waals surface area contributed by atoms with Crippen LogP contribution in [-0.4, -0.2) is 45.8 Å². The summed E-state index contributed by atoms with van der Waals surface area (Å²) in [6.07, 6.45) is -0.240. The van der Waals surface area contributed by atoms with Crippen LogP contribution >= 0.6 is 23.8 Å². The first kappa shape index (κ1) is 20.7. The van der Waals surface area contributed by atoms with E-state index in [1.165, 1.54) is 29.1 Å². The summed E-state index contributed by atoms with van der Waals surface area (Å²) in [6, 6.07) is 10.4. The Labute approximate surface area is 176 Å². The van der Waals surface area contributed by atoms with Crippen molar-refractivity contribution in [3.63, 3.8) is 0 Å². The zero-order valence-corrected chi connectivity index (χ0v) is 16.8. The second-order valence-corrected chi connectivity index (χ2v) is 7.07. The Balaban J connectivity index is 1.72. The van der Waals surface area contributed by atoms with E-state index in [1.807, 2.05) is 0 Å². The van der Waals surface area contributed by atoms with Crippen LogP contribution in [0.4, 0.5) is 10.1 Å². The van der Waals surface area contributed by atoms with Gasteiger partial charge in [0.05, 0.1) is 6.42 Å². The van der Waals surface area contributed by atoms with Crippen LogP contribution < -0.4 is 10.7 Å². The van der Waals surface area contributed by atoms with Gasteiger partial charge in [0.1, 0.15) is 11.9 Å². The number of hydrogen-bond acceptors (Lipinski definition) is 4. The Morgan fingerprint density at radius 2 is 1.76 bits per heavy atom. The molecule has 150 valence electrons. The summed E-state index contributed by atoms with van der Waals surface area (Å²) >= 11 is 11.0. The van der Waals surface area contributed by atoms with Gasteiger partial charge in [-0.15, -0.1) is 0 Å². The van der Waals surface area contributed by atoms with Gasteiger partial charge in [-0.1, -0.05) is 11.6 Å². The largest absolute Gasteiger partial charge is 0.326 e. The maximum absolute atomic E-state index is 13.1. The lowest BCUT2D eigenvalue weighted by Gasteiger charge is -2.24. The molecule has 7 nitrogen and oxygen atoms in total. The van der Waals surface area contributed by atoms with Crippen LogP contribution in [0.25, 0.3) is 0 Å². The third-order valence-electron chi connectivity index (χ3n) is 4.26. The minimum absolute atomic E-state index is 0.0507. The van der Waals surface area contributed by atoms with E-state index in [0.717, 1.165) is 12.1 Å². The molecular formula is C19H16ClFN4O3S. The molecule has 1 atom stereocenters. The fourth-order valence-electron chi connectivity index (χ4n) is 2.72. The molecule has 10 heteroatoms. The fourth-order valence-corrected chi connectivity index (χ4v) is 3.11. The minimum Gasteiger partial charge on any atom is -0.326 e. The molecule has 1 aliphatic rings. The monoisotopic (exact) mass is 434 g/mol. The number of rotatable bonds is 5. The minimum atomic E-state index is -1.01. The molecule has 3 rings (SSSR count). The molecule has 1 unspecified atom stereocenters. The summed E-state index contributed by atoms with van der Waals surface area (Å²) in [4.78, 5) is 38.6. The highest BCUT2D eigenvalue weighted by Gasteiger charge is 2.42. The molecule has 2 N–H and O–H groups in total. The first-order valence-electron chi connectivity index (χ1n) is 8.49. The highest BCUT2D eigenvalue weighted by Crippen LogP contribution is 2.19. The van der Waals surface area contributed by atoms with Crippen molar-refractivity contribution in [2.24, 2.45) is 0 Å². The van der Waals surface area contributed by atoms with Crippen molar-refractivity contribution < 1.29 is 18.8 Å². The van der Waals surface area contributed by atoms with Gasteiger partial charge in [0.15, 0.2) is 5.11 Å². The highest BCUT2D eigenvalue weighted by atomic mass is 35.5. The molecule has 0 saturated carbocycles. The second-order valence-electron chi connectivity index (χ2n) is 6.27. The number of nitrogens with one attached hydrogen (secondary N) is 2. The number of thiocarbonyl (C=S) groups is 1. The molecule has 0 aliphatic carbocycles. The average molecular weight is 435 g/mol. The van der Waals surface area contributed by atoms with Gasteiger partial charge in [0.2, 0.25) is 5.91 Å². The van der Waals surface area contributed by atoms with Crippen molar-refractivity contribution in [2.75, 3.05) is 12.4 Å². The second kappa shape index (κ2) is 8.54. The van der Waals surface area contributed by atoms with E-state index in [0.29, 0.717) is 10.7 Å². The lowest BCUT2D eigenvalue weighted by Crippen LogP contribution is -2.49. The average Bonchev–Trinajstić information content (AvgIpc) is 2.88. The Morgan fingerprint density at radius 3 is 2.38 bits per heavy atom. The number of carbonyl (C=O) groups excluding carboxylic acids is 3. The van der Waals surface area contributed by atoms with Gasteiger partial charge < -0.3 is 5.32 Å². The molecule has 1 aliphatic heterocycles. The number of hydrazine groups is 1. The van der Waals surface area contributed by atoms with Crippen molar-refractivity contribution in [3.05, 3.63) is 64.9 Å². The quantitative estimate of drug-likeness (QED) is 0.707. The van der Waals surface area contributed by atoms with Crippen LogP contribution in [0.15, 0.2) is 48.5 Å². The molecule has 0 radical (unpaired) electrons. The number of carbonyl (C=O) groups is 3. The molecule has 1 saturated heterocycles. The van der Waals surface area contributed by atoms with E-state index in [1.54, 1.807) is 24.3 Å². The number of likely N-dealkylation sites (N-methyl/N-ethyl adjacent to an activating group) is 1. The van der Waals surface area contributed by atoms with E-state index >= 15 is 0 Å². The molecule has 2 aromatic carbocycles. The first-order valence-corrected chi connectivity index (χ1v) is 9.27. The van der Waals surface area contributed by atoms with E-state index in [-0.39, 0.29) is 17.1 Å². The summed E-state index contributed by atoms with van der Waals surface area (Å²) in [6.45, 7) is 0. The maximum atomic E-state index is 13.1. The fraction of sp³-hybridized carbons (Fsp3) is 0.158. The number of amides is 3. The molecule has 0 aromatic heterocycles. The van der Waals surface area contributed by atoms with Crippen LogP contribution in [0.1, 0.15) is 16.8 Å². The van der Waals surface area contributed by atoms with E-state index in [9.17, 15) is 18.8 Å². The van der Waals surface area contributed by atoms with Crippen LogP contribution in [0.5, 0.6) is 0 Å². The number of anilines is 1. The smallest absolute Gasteiger partial charge is 0.269 e. The Bertz CT molecular complexity index is 968. The lowest BCUT2D eigenvalue weighted by atomic mass is 10.2. The topological polar surface area (TPSA) is 81.8 Å². The summed E-state index contributed by atoms with van der Waals surface area (Å²) in [5.74, 6) is -1.94. The molecule has 0 spiro atoms. The molecular weight excluding hydrogens is 419 g/mol. The Hall–Kier alpha value is -3.04. The predicted octanol–water partition coefficient (Wildman–Crippen LogP) is 2.58. The molecule has 3 amide bonds. The lowest BCUT2D eigenvalue weighted by molar-refractivity contribution is -0.130. The van der Waals surface area contributed by atoms with Crippen molar-refractivity contribution in [1.82, 2.24) is 15.3 Å².